The number of sulfonamides is 1. The molecule has 0 fully saturated rings. The Morgan fingerprint density at radius 1 is 1.03 bits per heavy atom. The maximum Gasteiger partial charge on any atom is 0.261 e. The summed E-state index contributed by atoms with van der Waals surface area (Å²) in [6.45, 7) is 0.618. The van der Waals surface area contributed by atoms with Crippen molar-refractivity contribution in [2.45, 2.75) is 19.3 Å². The van der Waals surface area contributed by atoms with Crippen molar-refractivity contribution in [2.75, 3.05) is 11.3 Å². The fourth-order valence-electron chi connectivity index (χ4n) is 3.63. The minimum atomic E-state index is -3.67. The van der Waals surface area contributed by atoms with Gasteiger partial charge in [-0.05, 0) is 49.2 Å². The topological polar surface area (TPSA) is 106 Å². The number of aromatic nitrogens is 3. The van der Waals surface area contributed by atoms with Crippen LogP contribution >= 0.6 is 0 Å². The van der Waals surface area contributed by atoms with Crippen LogP contribution < -0.4 is 20.2 Å². The van der Waals surface area contributed by atoms with Gasteiger partial charge in [0, 0.05) is 30.9 Å². The van der Waals surface area contributed by atoms with Gasteiger partial charge in [-0.1, -0.05) is 12.2 Å². The van der Waals surface area contributed by atoms with Crippen LogP contribution in [0.1, 0.15) is 19.3 Å². The van der Waals surface area contributed by atoms with Gasteiger partial charge in [0.05, 0.1) is 34.0 Å². The van der Waals surface area contributed by atoms with Gasteiger partial charge in [0.2, 0.25) is 0 Å². The van der Waals surface area contributed by atoms with E-state index in [9.17, 15) is 8.42 Å². The molecule has 1 N–H and O–H groups in total. The van der Waals surface area contributed by atoms with E-state index in [2.05, 4.69) is 19.7 Å². The molecule has 2 aliphatic rings. The SMILES string of the molecule is O=S(=O)(Nc1cncc(-c2ccc3c(n2)=C(Oc2cccnc2)CCN=3)c1)C1=CCCC=C1. The highest BCUT2D eigenvalue weighted by Gasteiger charge is 2.17. The molecule has 3 aromatic rings. The van der Waals surface area contributed by atoms with Gasteiger partial charge in [-0.3, -0.25) is 19.7 Å². The highest BCUT2D eigenvalue weighted by atomic mass is 32.2. The summed E-state index contributed by atoms with van der Waals surface area (Å²) in [6.07, 6.45) is 13.8. The summed E-state index contributed by atoms with van der Waals surface area (Å²) in [5.41, 5.74) is 1.69. The highest BCUT2D eigenvalue weighted by molar-refractivity contribution is 7.96. The van der Waals surface area contributed by atoms with Crippen LogP contribution in [0.4, 0.5) is 5.69 Å². The second kappa shape index (κ2) is 8.95. The van der Waals surface area contributed by atoms with Crippen LogP contribution in [0.2, 0.25) is 0 Å². The lowest BCUT2D eigenvalue weighted by molar-refractivity contribution is 0.476. The summed E-state index contributed by atoms with van der Waals surface area (Å²) in [7, 11) is -3.67. The first-order valence-corrected chi connectivity index (χ1v) is 12.0. The van der Waals surface area contributed by atoms with Gasteiger partial charge in [0.1, 0.15) is 16.9 Å². The van der Waals surface area contributed by atoms with Crippen molar-refractivity contribution in [2.24, 2.45) is 4.99 Å². The summed E-state index contributed by atoms with van der Waals surface area (Å²) in [5, 5.41) is 1.41. The summed E-state index contributed by atoms with van der Waals surface area (Å²) < 4.78 is 34.0. The second-order valence-electron chi connectivity index (χ2n) is 7.56. The Hall–Kier alpha value is -3.85. The zero-order valence-corrected chi connectivity index (χ0v) is 18.5. The lowest BCUT2D eigenvalue weighted by Gasteiger charge is -2.13. The molecule has 9 heteroatoms. The van der Waals surface area contributed by atoms with Crippen molar-refractivity contribution in [1.29, 1.82) is 0 Å². The van der Waals surface area contributed by atoms with E-state index < -0.39 is 10.0 Å². The van der Waals surface area contributed by atoms with Crippen LogP contribution in [0.3, 0.4) is 0 Å². The van der Waals surface area contributed by atoms with Crippen LogP contribution in [-0.2, 0) is 10.0 Å². The first-order chi connectivity index (χ1) is 16.1. The molecule has 0 unspecified atom stereocenters. The van der Waals surface area contributed by atoms with Crippen molar-refractivity contribution in [3.05, 3.63) is 89.0 Å². The molecule has 0 atom stereocenters. The Labute approximate surface area is 191 Å². The van der Waals surface area contributed by atoms with Gasteiger partial charge in [-0.2, -0.15) is 0 Å². The molecular weight excluding hydrogens is 438 g/mol. The van der Waals surface area contributed by atoms with Crippen LogP contribution in [0.15, 0.2) is 83.2 Å². The maximum absolute atomic E-state index is 12.7. The molecule has 0 aromatic carbocycles. The Balaban J connectivity index is 1.49. The first kappa shape index (κ1) is 21.0. The van der Waals surface area contributed by atoms with Crippen LogP contribution in [0, 0.1) is 0 Å². The van der Waals surface area contributed by atoms with E-state index in [0.29, 0.717) is 47.4 Å². The summed E-state index contributed by atoms with van der Waals surface area (Å²) in [6, 6.07) is 9.10. The third kappa shape index (κ3) is 4.68. The van der Waals surface area contributed by atoms with E-state index >= 15 is 0 Å². The normalized spacial score (nSPS) is 15.3. The summed E-state index contributed by atoms with van der Waals surface area (Å²) >= 11 is 0. The van der Waals surface area contributed by atoms with E-state index in [1.54, 1.807) is 36.8 Å². The lowest BCUT2D eigenvalue weighted by Crippen LogP contribution is -2.36. The summed E-state index contributed by atoms with van der Waals surface area (Å²) in [5.74, 6) is 1.35. The molecule has 1 aliphatic carbocycles. The van der Waals surface area contributed by atoms with Gasteiger partial charge < -0.3 is 4.74 Å². The van der Waals surface area contributed by atoms with E-state index in [0.717, 1.165) is 17.5 Å². The number of hydrogen-bond acceptors (Lipinski definition) is 7. The predicted octanol–water partition coefficient (Wildman–Crippen LogP) is 2.72. The molecule has 0 spiro atoms. The zero-order chi connectivity index (χ0) is 22.7. The number of hydrogen-bond donors (Lipinski definition) is 1. The number of pyridine rings is 3. The number of ether oxygens (including phenoxy) is 1. The zero-order valence-electron chi connectivity index (χ0n) is 17.7. The molecule has 0 saturated carbocycles. The van der Waals surface area contributed by atoms with Crippen molar-refractivity contribution >= 4 is 21.5 Å². The van der Waals surface area contributed by atoms with Gasteiger partial charge in [-0.15, -0.1) is 0 Å². The van der Waals surface area contributed by atoms with Gasteiger partial charge >= 0.3 is 0 Å². The number of rotatable bonds is 6. The predicted molar refractivity (Wildman–Crippen MR) is 125 cm³/mol. The number of anilines is 1. The molecule has 5 rings (SSSR count). The molecule has 8 nitrogen and oxygen atoms in total. The number of fused-ring (bicyclic) bond motifs is 1. The largest absolute Gasteiger partial charge is 0.458 e. The standard InChI is InChI=1S/C24H21N5O3S/c30-33(31,20-6-2-1-3-7-20)29-18-13-17(14-26-15-18)21-8-9-22-24(28-21)23(10-12-27-22)32-19-5-4-11-25-16-19/h2,4-9,11,13-16,29H,1,3,10,12H2. The van der Waals surface area contributed by atoms with E-state index in [1.807, 2.05) is 30.3 Å². The van der Waals surface area contributed by atoms with E-state index in [4.69, 9.17) is 9.72 Å². The maximum atomic E-state index is 12.7. The average Bonchev–Trinajstić information content (AvgIpc) is 2.85. The third-order valence-electron chi connectivity index (χ3n) is 5.19. The van der Waals surface area contributed by atoms with Crippen molar-refractivity contribution in [1.82, 2.24) is 15.0 Å². The van der Waals surface area contributed by atoms with Crippen LogP contribution in [0.5, 0.6) is 5.75 Å². The molecule has 0 saturated heterocycles. The molecule has 0 amide bonds. The number of allylic oxidation sites excluding steroid dienone is 3. The van der Waals surface area contributed by atoms with Crippen LogP contribution in [0.25, 0.3) is 17.0 Å². The minimum absolute atomic E-state index is 0.263. The Kier molecular flexibility index (Phi) is 5.70. The quantitative estimate of drug-likeness (QED) is 0.608. The summed E-state index contributed by atoms with van der Waals surface area (Å²) in [4.78, 5) is 17.9. The Morgan fingerprint density at radius 2 is 1.97 bits per heavy atom. The Bertz CT molecular complexity index is 1480. The monoisotopic (exact) mass is 459 g/mol. The average molecular weight is 460 g/mol. The van der Waals surface area contributed by atoms with E-state index in [1.165, 1.54) is 6.20 Å². The first-order valence-electron chi connectivity index (χ1n) is 10.6. The minimum Gasteiger partial charge on any atom is -0.458 e. The van der Waals surface area contributed by atoms with E-state index in [-0.39, 0.29) is 4.91 Å². The van der Waals surface area contributed by atoms with Gasteiger partial charge in [0.15, 0.2) is 0 Å². The third-order valence-corrected chi connectivity index (χ3v) is 6.62. The second-order valence-corrected chi connectivity index (χ2v) is 9.25. The van der Waals surface area contributed by atoms with Crippen molar-refractivity contribution in [3.63, 3.8) is 0 Å². The fraction of sp³-hybridized carbons (Fsp3) is 0.167. The number of nitrogens with one attached hydrogen (secondary N) is 1. The molecule has 33 heavy (non-hydrogen) atoms. The van der Waals surface area contributed by atoms with Crippen LogP contribution in [-0.4, -0.2) is 29.9 Å². The molecule has 0 bridgehead atoms. The van der Waals surface area contributed by atoms with Crippen molar-refractivity contribution in [3.8, 4) is 17.0 Å². The molecule has 3 aromatic heterocycles. The highest BCUT2D eigenvalue weighted by Crippen LogP contribution is 2.23. The Morgan fingerprint density at radius 3 is 2.79 bits per heavy atom. The molecule has 166 valence electrons. The molecule has 1 aliphatic heterocycles. The fourth-order valence-corrected chi connectivity index (χ4v) is 4.78. The molecule has 0 radical (unpaired) electrons. The van der Waals surface area contributed by atoms with Gasteiger partial charge in [-0.25, -0.2) is 13.4 Å². The van der Waals surface area contributed by atoms with Crippen molar-refractivity contribution < 1.29 is 13.2 Å². The smallest absolute Gasteiger partial charge is 0.261 e. The molecule has 4 heterocycles. The lowest BCUT2D eigenvalue weighted by atomic mass is 10.1. The molecular formula is C24H21N5O3S. The number of nitrogens with zero attached hydrogens (tertiary/aromatic N) is 4. The van der Waals surface area contributed by atoms with Gasteiger partial charge in [0.25, 0.3) is 10.0 Å².